The molecule has 2 atom stereocenters. The highest BCUT2D eigenvalue weighted by Gasteiger charge is 2.35. The van der Waals surface area contributed by atoms with Crippen LogP contribution < -0.4 is 15.5 Å². The molecule has 0 radical (unpaired) electrons. The molecule has 1 saturated heterocycles. The Morgan fingerprint density at radius 1 is 1.29 bits per heavy atom. The molecule has 0 aromatic heterocycles. The quantitative estimate of drug-likeness (QED) is 0.839. The van der Waals surface area contributed by atoms with Gasteiger partial charge in [-0.3, -0.25) is 14.4 Å². The molecule has 1 aromatic rings. The second-order valence-corrected chi connectivity index (χ2v) is 6.33. The van der Waals surface area contributed by atoms with Crippen LogP contribution in [0, 0.1) is 5.92 Å². The number of amides is 3. The molecule has 1 heterocycles. The summed E-state index contributed by atoms with van der Waals surface area (Å²) in [6, 6.07) is 7.19. The smallest absolute Gasteiger partial charge is 0.227 e. The van der Waals surface area contributed by atoms with Crippen LogP contribution in [0.2, 0.25) is 0 Å². The van der Waals surface area contributed by atoms with Gasteiger partial charge in [-0.1, -0.05) is 13.3 Å². The maximum Gasteiger partial charge on any atom is 0.227 e. The topological polar surface area (TPSA) is 78.5 Å². The molecule has 3 amide bonds. The van der Waals surface area contributed by atoms with Gasteiger partial charge in [0.2, 0.25) is 17.7 Å². The van der Waals surface area contributed by atoms with Crippen LogP contribution in [0.3, 0.4) is 0 Å². The standard InChI is InChI=1S/C18H25N3O3/c1-4-5-12(2)19-18(24)14-10-17(23)21(11-14)16-8-6-15(7-9-16)20-13(3)22/h6-9,12,14H,4-5,10-11H2,1-3H3,(H,19,24)(H,20,22)/t12-,14+/m1/s1. The van der Waals surface area contributed by atoms with Gasteiger partial charge in [-0.05, 0) is 37.6 Å². The summed E-state index contributed by atoms with van der Waals surface area (Å²) < 4.78 is 0. The molecule has 2 N–H and O–H groups in total. The van der Waals surface area contributed by atoms with Crippen molar-refractivity contribution in [1.29, 1.82) is 0 Å². The van der Waals surface area contributed by atoms with E-state index in [1.165, 1.54) is 6.92 Å². The first kappa shape index (κ1) is 18.0. The molecule has 0 saturated carbocycles. The van der Waals surface area contributed by atoms with Crippen LogP contribution in [-0.4, -0.2) is 30.3 Å². The van der Waals surface area contributed by atoms with Crippen molar-refractivity contribution in [2.75, 3.05) is 16.8 Å². The molecule has 24 heavy (non-hydrogen) atoms. The first-order valence-electron chi connectivity index (χ1n) is 8.39. The molecule has 1 aromatic carbocycles. The third kappa shape index (κ3) is 4.57. The van der Waals surface area contributed by atoms with Gasteiger partial charge < -0.3 is 15.5 Å². The zero-order chi connectivity index (χ0) is 17.7. The van der Waals surface area contributed by atoms with Gasteiger partial charge in [0.15, 0.2) is 0 Å². The van der Waals surface area contributed by atoms with Crippen LogP contribution in [-0.2, 0) is 14.4 Å². The Labute approximate surface area is 142 Å². The van der Waals surface area contributed by atoms with Crippen molar-refractivity contribution in [2.24, 2.45) is 5.92 Å². The third-order valence-corrected chi connectivity index (χ3v) is 4.11. The molecule has 6 nitrogen and oxygen atoms in total. The number of benzene rings is 1. The van der Waals surface area contributed by atoms with Gasteiger partial charge >= 0.3 is 0 Å². The monoisotopic (exact) mass is 331 g/mol. The maximum atomic E-state index is 12.3. The largest absolute Gasteiger partial charge is 0.353 e. The molecule has 6 heteroatoms. The van der Waals surface area contributed by atoms with E-state index in [1.54, 1.807) is 29.2 Å². The summed E-state index contributed by atoms with van der Waals surface area (Å²) in [4.78, 5) is 37.2. The van der Waals surface area contributed by atoms with E-state index in [0.29, 0.717) is 12.2 Å². The Morgan fingerprint density at radius 3 is 2.54 bits per heavy atom. The molecule has 1 aliphatic rings. The van der Waals surface area contributed by atoms with Crippen LogP contribution in [0.4, 0.5) is 11.4 Å². The molecule has 1 fully saturated rings. The number of carbonyl (C=O) groups excluding carboxylic acids is 3. The number of nitrogens with one attached hydrogen (secondary N) is 2. The van der Waals surface area contributed by atoms with E-state index in [4.69, 9.17) is 0 Å². The molecule has 0 bridgehead atoms. The van der Waals surface area contributed by atoms with E-state index in [2.05, 4.69) is 17.6 Å². The van der Waals surface area contributed by atoms with Gasteiger partial charge in [-0.2, -0.15) is 0 Å². The zero-order valence-electron chi connectivity index (χ0n) is 14.5. The Morgan fingerprint density at radius 2 is 1.96 bits per heavy atom. The van der Waals surface area contributed by atoms with Crippen LogP contribution >= 0.6 is 0 Å². The van der Waals surface area contributed by atoms with Crippen molar-refractivity contribution < 1.29 is 14.4 Å². The first-order chi connectivity index (χ1) is 11.4. The van der Waals surface area contributed by atoms with Crippen LogP contribution in [0.5, 0.6) is 0 Å². The van der Waals surface area contributed by atoms with Gasteiger partial charge in [0, 0.05) is 37.3 Å². The van der Waals surface area contributed by atoms with Crippen molar-refractivity contribution in [1.82, 2.24) is 5.32 Å². The van der Waals surface area contributed by atoms with Crippen molar-refractivity contribution >= 4 is 29.1 Å². The third-order valence-electron chi connectivity index (χ3n) is 4.11. The average molecular weight is 331 g/mol. The van der Waals surface area contributed by atoms with Crippen molar-refractivity contribution in [3.8, 4) is 0 Å². The number of hydrogen-bond donors (Lipinski definition) is 2. The van der Waals surface area contributed by atoms with E-state index < -0.39 is 0 Å². The van der Waals surface area contributed by atoms with E-state index in [-0.39, 0.29) is 36.1 Å². The molecule has 0 spiro atoms. The van der Waals surface area contributed by atoms with Gasteiger partial charge in [-0.15, -0.1) is 0 Å². The fraction of sp³-hybridized carbons (Fsp3) is 0.500. The summed E-state index contributed by atoms with van der Waals surface area (Å²) in [5, 5.41) is 5.67. The van der Waals surface area contributed by atoms with Crippen molar-refractivity contribution in [3.63, 3.8) is 0 Å². The molecule has 0 aliphatic carbocycles. The van der Waals surface area contributed by atoms with Crippen molar-refractivity contribution in [3.05, 3.63) is 24.3 Å². The van der Waals surface area contributed by atoms with Gasteiger partial charge in [0.1, 0.15) is 0 Å². The fourth-order valence-corrected chi connectivity index (χ4v) is 2.93. The van der Waals surface area contributed by atoms with Gasteiger partial charge in [0.05, 0.1) is 5.92 Å². The Balaban J connectivity index is 1.99. The molecule has 2 rings (SSSR count). The second-order valence-electron chi connectivity index (χ2n) is 6.33. The zero-order valence-corrected chi connectivity index (χ0v) is 14.5. The van der Waals surface area contributed by atoms with E-state index >= 15 is 0 Å². The molecule has 1 aliphatic heterocycles. The normalized spacial score (nSPS) is 18.4. The lowest BCUT2D eigenvalue weighted by atomic mass is 10.1. The minimum Gasteiger partial charge on any atom is -0.353 e. The highest BCUT2D eigenvalue weighted by Crippen LogP contribution is 2.26. The minimum atomic E-state index is -0.313. The van der Waals surface area contributed by atoms with Crippen molar-refractivity contribution in [2.45, 2.75) is 46.1 Å². The first-order valence-corrected chi connectivity index (χ1v) is 8.39. The Kier molecular flexibility index (Phi) is 5.95. The lowest BCUT2D eigenvalue weighted by Crippen LogP contribution is -2.38. The van der Waals surface area contributed by atoms with E-state index in [1.807, 2.05) is 6.92 Å². The number of carbonyl (C=O) groups is 3. The number of nitrogens with zero attached hydrogens (tertiary/aromatic N) is 1. The number of hydrogen-bond acceptors (Lipinski definition) is 3. The van der Waals surface area contributed by atoms with E-state index in [0.717, 1.165) is 18.5 Å². The summed E-state index contributed by atoms with van der Waals surface area (Å²) >= 11 is 0. The average Bonchev–Trinajstić information content (AvgIpc) is 2.90. The lowest BCUT2D eigenvalue weighted by molar-refractivity contribution is -0.126. The van der Waals surface area contributed by atoms with E-state index in [9.17, 15) is 14.4 Å². The fourth-order valence-electron chi connectivity index (χ4n) is 2.93. The minimum absolute atomic E-state index is 0.0504. The summed E-state index contributed by atoms with van der Waals surface area (Å²) in [7, 11) is 0. The summed E-state index contributed by atoms with van der Waals surface area (Å²) in [5.41, 5.74) is 1.42. The Bertz CT molecular complexity index is 612. The molecular weight excluding hydrogens is 306 g/mol. The van der Waals surface area contributed by atoms with Gasteiger partial charge in [0.25, 0.3) is 0 Å². The summed E-state index contributed by atoms with van der Waals surface area (Å²) in [6.07, 6.45) is 2.18. The molecule has 130 valence electrons. The Hall–Kier alpha value is -2.37. The predicted molar refractivity (Wildman–Crippen MR) is 93.7 cm³/mol. The summed E-state index contributed by atoms with van der Waals surface area (Å²) in [6.45, 7) is 5.90. The predicted octanol–water partition coefficient (Wildman–Crippen LogP) is 2.30. The molecular formula is C18H25N3O3. The van der Waals surface area contributed by atoms with Crippen LogP contribution in [0.1, 0.15) is 40.0 Å². The van der Waals surface area contributed by atoms with Gasteiger partial charge in [-0.25, -0.2) is 0 Å². The number of rotatable bonds is 6. The van der Waals surface area contributed by atoms with Crippen LogP contribution in [0.25, 0.3) is 0 Å². The highest BCUT2D eigenvalue weighted by molar-refractivity contribution is 6.00. The molecule has 0 unspecified atom stereocenters. The second kappa shape index (κ2) is 7.95. The highest BCUT2D eigenvalue weighted by atomic mass is 16.2. The lowest BCUT2D eigenvalue weighted by Gasteiger charge is -2.18. The maximum absolute atomic E-state index is 12.3. The van der Waals surface area contributed by atoms with Crippen LogP contribution in [0.15, 0.2) is 24.3 Å². The number of anilines is 2. The summed E-state index contributed by atoms with van der Waals surface area (Å²) in [5.74, 6) is -0.558. The SMILES string of the molecule is CCC[C@@H](C)NC(=O)[C@H]1CC(=O)N(c2ccc(NC(C)=O)cc2)C1.